The molecule has 1 heterocycles. The molecule has 0 aliphatic carbocycles. The first-order chi connectivity index (χ1) is 7.24. The SMILES string of the molecule is C=CCC(C)C(C)NCC1CCCCO1. The maximum atomic E-state index is 5.69. The lowest BCUT2D eigenvalue weighted by atomic mass is 9.99. The second kappa shape index (κ2) is 7.02. The molecule has 1 fully saturated rings. The van der Waals surface area contributed by atoms with Gasteiger partial charge in [0.15, 0.2) is 0 Å². The molecule has 1 aliphatic heterocycles. The van der Waals surface area contributed by atoms with E-state index in [1.165, 1.54) is 19.3 Å². The van der Waals surface area contributed by atoms with Crippen molar-refractivity contribution >= 4 is 0 Å². The van der Waals surface area contributed by atoms with Crippen LogP contribution < -0.4 is 5.32 Å². The summed E-state index contributed by atoms with van der Waals surface area (Å²) in [6.07, 6.45) is 7.30. The van der Waals surface area contributed by atoms with Gasteiger partial charge in [0.05, 0.1) is 6.10 Å². The standard InChI is InChI=1S/C13H25NO/c1-4-7-11(2)12(3)14-10-13-8-5-6-9-15-13/h4,11-14H,1,5-10H2,2-3H3. The zero-order valence-electron chi connectivity index (χ0n) is 10.2. The molecule has 0 saturated carbocycles. The second-order valence-corrected chi connectivity index (χ2v) is 4.69. The first kappa shape index (κ1) is 12.7. The van der Waals surface area contributed by atoms with Gasteiger partial charge >= 0.3 is 0 Å². The Kier molecular flexibility index (Phi) is 5.96. The van der Waals surface area contributed by atoms with E-state index < -0.39 is 0 Å². The van der Waals surface area contributed by atoms with Crippen molar-refractivity contribution in [3.05, 3.63) is 12.7 Å². The van der Waals surface area contributed by atoms with Crippen LogP contribution in [0.4, 0.5) is 0 Å². The fourth-order valence-corrected chi connectivity index (χ4v) is 1.95. The molecule has 88 valence electrons. The highest BCUT2D eigenvalue weighted by atomic mass is 16.5. The molecule has 0 aromatic rings. The molecule has 0 aromatic carbocycles. The Labute approximate surface area is 94.1 Å². The molecule has 2 heteroatoms. The molecular formula is C13H25NO. The van der Waals surface area contributed by atoms with Crippen LogP contribution in [0, 0.1) is 5.92 Å². The van der Waals surface area contributed by atoms with E-state index in [1.54, 1.807) is 0 Å². The molecule has 3 atom stereocenters. The van der Waals surface area contributed by atoms with Crippen molar-refractivity contribution in [3.63, 3.8) is 0 Å². The highest BCUT2D eigenvalue weighted by molar-refractivity contribution is 4.78. The van der Waals surface area contributed by atoms with E-state index in [1.807, 2.05) is 6.08 Å². The van der Waals surface area contributed by atoms with Crippen LogP contribution in [0.3, 0.4) is 0 Å². The van der Waals surface area contributed by atoms with Crippen LogP contribution in [-0.2, 0) is 4.74 Å². The Morgan fingerprint density at radius 3 is 2.87 bits per heavy atom. The number of hydrogen-bond donors (Lipinski definition) is 1. The predicted molar refractivity (Wildman–Crippen MR) is 65.0 cm³/mol. The monoisotopic (exact) mass is 211 g/mol. The van der Waals surface area contributed by atoms with E-state index in [-0.39, 0.29) is 0 Å². The molecule has 0 amide bonds. The number of rotatable bonds is 6. The van der Waals surface area contributed by atoms with Gasteiger partial charge in [0.1, 0.15) is 0 Å². The van der Waals surface area contributed by atoms with Gasteiger partial charge in [-0.25, -0.2) is 0 Å². The fourth-order valence-electron chi connectivity index (χ4n) is 1.95. The Hall–Kier alpha value is -0.340. The van der Waals surface area contributed by atoms with Crippen LogP contribution in [0.15, 0.2) is 12.7 Å². The lowest BCUT2D eigenvalue weighted by Crippen LogP contribution is -2.39. The van der Waals surface area contributed by atoms with Crippen molar-refractivity contribution in [2.24, 2.45) is 5.92 Å². The lowest BCUT2D eigenvalue weighted by molar-refractivity contribution is 0.0148. The number of ether oxygens (including phenoxy) is 1. The second-order valence-electron chi connectivity index (χ2n) is 4.69. The average Bonchev–Trinajstić information content (AvgIpc) is 2.27. The Bertz CT molecular complexity index is 175. The number of nitrogens with one attached hydrogen (secondary N) is 1. The fraction of sp³-hybridized carbons (Fsp3) is 0.846. The minimum Gasteiger partial charge on any atom is -0.377 e. The molecule has 0 aromatic heterocycles. The van der Waals surface area contributed by atoms with Gasteiger partial charge in [0.2, 0.25) is 0 Å². The predicted octanol–water partition coefficient (Wildman–Crippen LogP) is 2.75. The molecule has 15 heavy (non-hydrogen) atoms. The van der Waals surface area contributed by atoms with Crippen molar-refractivity contribution in [3.8, 4) is 0 Å². The third kappa shape index (κ3) is 4.80. The van der Waals surface area contributed by atoms with E-state index in [0.717, 1.165) is 19.6 Å². The van der Waals surface area contributed by atoms with Crippen LogP contribution in [0.25, 0.3) is 0 Å². The maximum Gasteiger partial charge on any atom is 0.0699 e. The first-order valence-corrected chi connectivity index (χ1v) is 6.20. The van der Waals surface area contributed by atoms with Gasteiger partial charge in [-0.3, -0.25) is 0 Å². The summed E-state index contributed by atoms with van der Waals surface area (Å²) in [5.74, 6) is 0.658. The van der Waals surface area contributed by atoms with E-state index in [2.05, 4.69) is 25.7 Å². The summed E-state index contributed by atoms with van der Waals surface area (Å²) >= 11 is 0. The normalized spacial score (nSPS) is 25.9. The highest BCUT2D eigenvalue weighted by Gasteiger charge is 2.16. The molecule has 1 aliphatic rings. The largest absolute Gasteiger partial charge is 0.377 e. The Balaban J connectivity index is 2.14. The minimum atomic E-state index is 0.442. The molecule has 0 bridgehead atoms. The molecule has 0 radical (unpaired) electrons. The van der Waals surface area contributed by atoms with Gasteiger partial charge in [-0.05, 0) is 38.5 Å². The average molecular weight is 211 g/mol. The summed E-state index contributed by atoms with van der Waals surface area (Å²) in [6, 6.07) is 0.550. The third-order valence-corrected chi connectivity index (χ3v) is 3.33. The van der Waals surface area contributed by atoms with E-state index in [4.69, 9.17) is 4.74 Å². The highest BCUT2D eigenvalue weighted by Crippen LogP contribution is 2.13. The topological polar surface area (TPSA) is 21.3 Å². The van der Waals surface area contributed by atoms with Crippen molar-refractivity contribution in [1.29, 1.82) is 0 Å². The van der Waals surface area contributed by atoms with E-state index >= 15 is 0 Å². The van der Waals surface area contributed by atoms with Gasteiger partial charge in [0.25, 0.3) is 0 Å². The lowest BCUT2D eigenvalue weighted by Gasteiger charge is -2.26. The summed E-state index contributed by atoms with van der Waals surface area (Å²) in [6.45, 7) is 10.2. The van der Waals surface area contributed by atoms with Crippen molar-refractivity contribution < 1.29 is 4.74 Å². The van der Waals surface area contributed by atoms with Crippen molar-refractivity contribution in [2.75, 3.05) is 13.2 Å². The van der Waals surface area contributed by atoms with E-state index in [9.17, 15) is 0 Å². The van der Waals surface area contributed by atoms with Crippen molar-refractivity contribution in [2.45, 2.75) is 51.7 Å². The molecule has 3 unspecified atom stereocenters. The molecular weight excluding hydrogens is 186 g/mol. The van der Waals surface area contributed by atoms with Gasteiger partial charge in [-0.1, -0.05) is 13.0 Å². The Morgan fingerprint density at radius 2 is 2.27 bits per heavy atom. The molecule has 1 N–H and O–H groups in total. The van der Waals surface area contributed by atoms with Gasteiger partial charge in [-0.2, -0.15) is 0 Å². The van der Waals surface area contributed by atoms with Crippen LogP contribution in [0.2, 0.25) is 0 Å². The first-order valence-electron chi connectivity index (χ1n) is 6.20. The summed E-state index contributed by atoms with van der Waals surface area (Å²) in [5, 5.41) is 3.56. The van der Waals surface area contributed by atoms with Gasteiger partial charge < -0.3 is 10.1 Å². The van der Waals surface area contributed by atoms with Gasteiger partial charge in [-0.15, -0.1) is 6.58 Å². The summed E-state index contributed by atoms with van der Waals surface area (Å²) < 4.78 is 5.69. The van der Waals surface area contributed by atoms with Gasteiger partial charge in [0, 0.05) is 19.2 Å². The van der Waals surface area contributed by atoms with Crippen LogP contribution in [0.1, 0.15) is 39.5 Å². The smallest absolute Gasteiger partial charge is 0.0699 e. The quantitative estimate of drug-likeness (QED) is 0.682. The maximum absolute atomic E-state index is 5.69. The zero-order valence-corrected chi connectivity index (χ0v) is 10.2. The van der Waals surface area contributed by atoms with Crippen molar-refractivity contribution in [1.82, 2.24) is 5.32 Å². The number of allylic oxidation sites excluding steroid dienone is 1. The van der Waals surface area contributed by atoms with Crippen LogP contribution in [-0.4, -0.2) is 25.3 Å². The summed E-state index contributed by atoms with van der Waals surface area (Å²) in [5.41, 5.74) is 0. The van der Waals surface area contributed by atoms with E-state index in [0.29, 0.717) is 18.1 Å². The molecule has 1 saturated heterocycles. The minimum absolute atomic E-state index is 0.442. The Morgan fingerprint density at radius 1 is 1.47 bits per heavy atom. The third-order valence-electron chi connectivity index (χ3n) is 3.33. The molecule has 1 rings (SSSR count). The molecule has 2 nitrogen and oxygen atoms in total. The number of hydrogen-bond acceptors (Lipinski definition) is 2. The summed E-state index contributed by atoms with van der Waals surface area (Å²) in [7, 11) is 0. The summed E-state index contributed by atoms with van der Waals surface area (Å²) in [4.78, 5) is 0. The van der Waals surface area contributed by atoms with Crippen LogP contribution >= 0.6 is 0 Å². The molecule has 0 spiro atoms. The van der Waals surface area contributed by atoms with Crippen LogP contribution in [0.5, 0.6) is 0 Å². The zero-order chi connectivity index (χ0) is 11.1.